The van der Waals surface area contributed by atoms with Crippen LogP contribution in [0.5, 0.6) is 0 Å². The molecular formula is C18H25F9O7S. The van der Waals surface area contributed by atoms with E-state index in [1.807, 2.05) is 6.92 Å². The van der Waals surface area contributed by atoms with E-state index in [0.29, 0.717) is 19.3 Å². The van der Waals surface area contributed by atoms with Gasteiger partial charge in [-0.3, -0.25) is 14.1 Å². The molecule has 0 fully saturated rings. The van der Waals surface area contributed by atoms with Gasteiger partial charge in [-0.25, -0.2) is 0 Å². The predicted molar refractivity (Wildman–Crippen MR) is 101 cm³/mol. The van der Waals surface area contributed by atoms with Crippen LogP contribution in [0.3, 0.4) is 0 Å². The normalized spacial score (nSPS) is 15.5. The lowest BCUT2D eigenvalue weighted by molar-refractivity contribution is -0.397. The standard InChI is InChI=1S/C18H25F9O7S/c1-2-3-4-5-6-7-11(34-14(30)12(10-13(28)29)35(31,32)33)8-9-15(19,20)16(21,22)17(23,24)18(25,26)27/h11-12H,2-10H2,1H3,(H,28,29)(H,31,32,33). The Kier molecular flexibility index (Phi) is 11.8. The fraction of sp³-hybridized carbons (Fsp3) is 0.889. The molecule has 17 heteroatoms. The zero-order chi connectivity index (χ0) is 27.9. The Morgan fingerprint density at radius 2 is 1.37 bits per heavy atom. The Hall–Kier alpha value is -1.78. The summed E-state index contributed by atoms with van der Waals surface area (Å²) in [6.45, 7) is 1.83. The lowest BCUT2D eigenvalue weighted by Gasteiger charge is -2.34. The SMILES string of the molecule is CCCCCCCC(CCC(F)(F)C(F)(F)C(F)(F)C(F)(F)F)OC(=O)C(CC(=O)O)S(=O)(=O)O. The topological polar surface area (TPSA) is 118 Å². The van der Waals surface area contributed by atoms with E-state index >= 15 is 0 Å². The number of esters is 1. The minimum absolute atomic E-state index is 0.0636. The van der Waals surface area contributed by atoms with E-state index in [1.165, 1.54) is 0 Å². The summed E-state index contributed by atoms with van der Waals surface area (Å²) >= 11 is 0. The zero-order valence-corrected chi connectivity index (χ0v) is 19.1. The van der Waals surface area contributed by atoms with Crippen LogP contribution in [-0.2, 0) is 24.4 Å². The van der Waals surface area contributed by atoms with Crippen molar-refractivity contribution in [3.8, 4) is 0 Å². The molecule has 0 aliphatic carbocycles. The van der Waals surface area contributed by atoms with E-state index in [9.17, 15) is 57.5 Å². The Bertz CT molecular complexity index is 814. The highest BCUT2D eigenvalue weighted by atomic mass is 32.2. The largest absolute Gasteiger partial charge is 0.481 e. The quantitative estimate of drug-likeness (QED) is 0.116. The monoisotopic (exact) mass is 556 g/mol. The highest BCUT2D eigenvalue weighted by Gasteiger charge is 2.81. The molecule has 0 rings (SSSR count). The summed E-state index contributed by atoms with van der Waals surface area (Å²) in [6.07, 6.45) is -12.1. The molecule has 0 aromatic rings. The molecule has 0 aliphatic heterocycles. The van der Waals surface area contributed by atoms with Crippen LogP contribution >= 0.6 is 0 Å². The number of carboxylic acid groups (broad SMARTS) is 1. The van der Waals surface area contributed by atoms with Gasteiger partial charge in [-0.2, -0.15) is 47.9 Å². The van der Waals surface area contributed by atoms with Crippen molar-refractivity contribution in [2.75, 3.05) is 0 Å². The van der Waals surface area contributed by atoms with Gasteiger partial charge in [-0.1, -0.05) is 32.6 Å². The van der Waals surface area contributed by atoms with Crippen molar-refractivity contribution in [1.29, 1.82) is 0 Å². The molecule has 0 aromatic carbocycles. The molecule has 7 nitrogen and oxygen atoms in total. The maximum Gasteiger partial charge on any atom is 0.460 e. The molecule has 0 spiro atoms. The molecule has 0 bridgehead atoms. The molecular weight excluding hydrogens is 531 g/mol. The van der Waals surface area contributed by atoms with Gasteiger partial charge in [0.25, 0.3) is 10.1 Å². The van der Waals surface area contributed by atoms with Crippen LogP contribution in [0.1, 0.15) is 64.7 Å². The summed E-state index contributed by atoms with van der Waals surface area (Å²) in [5.74, 6) is -23.8. The van der Waals surface area contributed by atoms with E-state index in [2.05, 4.69) is 4.74 Å². The summed E-state index contributed by atoms with van der Waals surface area (Å²) in [5.41, 5.74) is 0. The first kappa shape index (κ1) is 33.2. The molecule has 0 amide bonds. The second-order valence-electron chi connectivity index (χ2n) is 7.75. The van der Waals surface area contributed by atoms with Crippen molar-refractivity contribution in [2.24, 2.45) is 0 Å². The van der Waals surface area contributed by atoms with Crippen LogP contribution in [0.25, 0.3) is 0 Å². The molecule has 2 atom stereocenters. The van der Waals surface area contributed by atoms with E-state index in [0.717, 1.165) is 6.42 Å². The van der Waals surface area contributed by atoms with Gasteiger partial charge in [0.2, 0.25) is 0 Å². The third-order valence-electron chi connectivity index (χ3n) is 4.88. The van der Waals surface area contributed by atoms with Gasteiger partial charge in [0.15, 0.2) is 5.25 Å². The maximum absolute atomic E-state index is 13.8. The maximum atomic E-state index is 13.8. The molecule has 0 radical (unpaired) electrons. The van der Waals surface area contributed by atoms with Crippen molar-refractivity contribution in [3.63, 3.8) is 0 Å². The van der Waals surface area contributed by atoms with Gasteiger partial charge in [0.05, 0.1) is 6.42 Å². The Balaban J connectivity index is 5.71. The zero-order valence-electron chi connectivity index (χ0n) is 18.3. The molecule has 0 heterocycles. The first-order chi connectivity index (χ1) is 15.6. The average molecular weight is 556 g/mol. The second kappa shape index (κ2) is 12.5. The van der Waals surface area contributed by atoms with Gasteiger partial charge in [-0.05, 0) is 19.3 Å². The number of hydrogen-bond acceptors (Lipinski definition) is 5. The third kappa shape index (κ3) is 9.31. The average Bonchev–Trinajstić information content (AvgIpc) is 2.67. The molecule has 0 aromatic heterocycles. The van der Waals surface area contributed by atoms with Crippen molar-refractivity contribution in [3.05, 3.63) is 0 Å². The van der Waals surface area contributed by atoms with Crippen LogP contribution in [-0.4, -0.2) is 65.3 Å². The smallest absolute Gasteiger partial charge is 0.460 e. The van der Waals surface area contributed by atoms with Crippen LogP contribution in [0.4, 0.5) is 39.5 Å². The second-order valence-corrected chi connectivity index (χ2v) is 9.35. The first-order valence-corrected chi connectivity index (χ1v) is 11.7. The van der Waals surface area contributed by atoms with Crippen molar-refractivity contribution in [2.45, 2.75) is 100 Å². The number of rotatable bonds is 16. The Morgan fingerprint density at radius 1 is 0.857 bits per heavy atom. The fourth-order valence-corrected chi connectivity index (χ4v) is 3.51. The number of alkyl halides is 9. The Labute approximate surface area is 194 Å². The summed E-state index contributed by atoms with van der Waals surface area (Å²) in [7, 11) is -5.39. The predicted octanol–water partition coefficient (Wildman–Crippen LogP) is 5.24. The van der Waals surface area contributed by atoms with Crippen molar-refractivity contribution in [1.82, 2.24) is 0 Å². The third-order valence-corrected chi connectivity index (χ3v) is 5.96. The number of halogens is 9. The van der Waals surface area contributed by atoms with Crippen LogP contribution in [0.15, 0.2) is 0 Å². The summed E-state index contributed by atoms with van der Waals surface area (Å²) in [5, 5.41) is 5.94. The summed E-state index contributed by atoms with van der Waals surface area (Å²) < 4.78 is 154. The van der Waals surface area contributed by atoms with E-state index in [1.54, 1.807) is 0 Å². The van der Waals surface area contributed by atoms with Crippen molar-refractivity contribution < 1.29 is 71.9 Å². The number of unbranched alkanes of at least 4 members (excludes halogenated alkanes) is 4. The number of carbonyl (C=O) groups is 2. The van der Waals surface area contributed by atoms with Crippen LogP contribution in [0, 0.1) is 0 Å². The lowest BCUT2D eigenvalue weighted by atomic mass is 9.96. The molecule has 2 unspecified atom stereocenters. The molecule has 0 saturated heterocycles. The lowest BCUT2D eigenvalue weighted by Crippen LogP contribution is -2.60. The highest BCUT2D eigenvalue weighted by Crippen LogP contribution is 2.54. The van der Waals surface area contributed by atoms with E-state index in [-0.39, 0.29) is 6.42 Å². The van der Waals surface area contributed by atoms with Gasteiger partial charge < -0.3 is 9.84 Å². The Morgan fingerprint density at radius 3 is 1.80 bits per heavy atom. The summed E-state index contributed by atoms with van der Waals surface area (Å²) in [4.78, 5) is 22.8. The molecule has 208 valence electrons. The van der Waals surface area contributed by atoms with E-state index < -0.39 is 83.0 Å². The number of ether oxygens (including phenoxy) is 1. The minimum atomic E-state index is -7.10. The highest BCUT2D eigenvalue weighted by molar-refractivity contribution is 7.87. The number of hydrogen-bond donors (Lipinski definition) is 2. The molecule has 0 aliphatic rings. The number of carboxylic acids is 1. The molecule has 0 saturated carbocycles. The van der Waals surface area contributed by atoms with Crippen molar-refractivity contribution >= 4 is 22.1 Å². The molecule has 35 heavy (non-hydrogen) atoms. The van der Waals surface area contributed by atoms with Crippen LogP contribution < -0.4 is 0 Å². The van der Waals surface area contributed by atoms with Gasteiger partial charge in [0, 0.05) is 6.42 Å². The fourth-order valence-electron chi connectivity index (χ4n) is 2.85. The van der Waals surface area contributed by atoms with E-state index in [4.69, 9.17) is 9.66 Å². The van der Waals surface area contributed by atoms with Gasteiger partial charge >= 0.3 is 35.9 Å². The first-order valence-electron chi connectivity index (χ1n) is 10.2. The van der Waals surface area contributed by atoms with Gasteiger partial charge in [0.1, 0.15) is 6.10 Å². The number of aliphatic carboxylic acids is 1. The number of carbonyl (C=O) groups excluding carboxylic acids is 1. The van der Waals surface area contributed by atoms with Crippen LogP contribution in [0.2, 0.25) is 0 Å². The summed E-state index contributed by atoms with van der Waals surface area (Å²) in [6, 6.07) is 0. The minimum Gasteiger partial charge on any atom is -0.481 e. The molecule has 2 N–H and O–H groups in total. The van der Waals surface area contributed by atoms with Gasteiger partial charge in [-0.15, -0.1) is 0 Å².